The third kappa shape index (κ3) is 4.58. The van der Waals surface area contributed by atoms with E-state index < -0.39 is 23.5 Å². The van der Waals surface area contributed by atoms with Crippen molar-refractivity contribution < 1.29 is 24.2 Å². The van der Waals surface area contributed by atoms with Crippen molar-refractivity contribution in [3.63, 3.8) is 0 Å². The van der Waals surface area contributed by atoms with Crippen LogP contribution in [0.2, 0.25) is 0 Å². The molecule has 2 aliphatic rings. The van der Waals surface area contributed by atoms with Gasteiger partial charge in [0.15, 0.2) is 0 Å². The molecule has 2 aliphatic carbocycles. The molecule has 1 unspecified atom stereocenters. The number of carboxylic acids is 1. The third-order valence-electron chi connectivity index (χ3n) is 6.55. The molecule has 0 radical (unpaired) electrons. The highest BCUT2D eigenvalue weighted by Crippen LogP contribution is 2.44. The average Bonchev–Trinajstić information content (AvgIpc) is 3.58. The first-order chi connectivity index (χ1) is 15.7. The molecule has 33 heavy (non-hydrogen) atoms. The molecular weight excluding hydrogens is 420 g/mol. The molecule has 7 heteroatoms. The summed E-state index contributed by atoms with van der Waals surface area (Å²) in [7, 11) is 0. The highest BCUT2D eigenvalue weighted by molar-refractivity contribution is 5.88. The van der Waals surface area contributed by atoms with Crippen LogP contribution in [-0.2, 0) is 14.3 Å². The van der Waals surface area contributed by atoms with Gasteiger partial charge in [0.1, 0.15) is 12.6 Å². The lowest BCUT2D eigenvalue weighted by Gasteiger charge is -2.34. The molecule has 1 saturated carbocycles. The van der Waals surface area contributed by atoms with Crippen LogP contribution in [0.15, 0.2) is 48.5 Å². The molecule has 7 nitrogen and oxygen atoms in total. The number of nitrogens with one attached hydrogen (secondary N) is 1. The van der Waals surface area contributed by atoms with E-state index in [2.05, 4.69) is 29.6 Å². The van der Waals surface area contributed by atoms with Crippen molar-refractivity contribution in [3.05, 3.63) is 59.7 Å². The zero-order chi connectivity index (χ0) is 23.8. The number of benzene rings is 2. The second-order valence-electron chi connectivity index (χ2n) is 9.52. The van der Waals surface area contributed by atoms with Crippen molar-refractivity contribution in [1.29, 1.82) is 0 Å². The number of aliphatic carboxylic acids is 1. The summed E-state index contributed by atoms with van der Waals surface area (Å²) in [5.74, 6) is -1.35. The molecule has 2 aromatic carbocycles. The molecule has 174 valence electrons. The Morgan fingerprint density at radius 1 is 1.06 bits per heavy atom. The maximum absolute atomic E-state index is 13.1. The van der Waals surface area contributed by atoms with Crippen molar-refractivity contribution in [2.75, 3.05) is 13.2 Å². The number of rotatable bonds is 8. The van der Waals surface area contributed by atoms with Gasteiger partial charge < -0.3 is 20.1 Å². The molecule has 2 amide bonds. The minimum Gasteiger partial charge on any atom is -0.480 e. The number of carboxylic acid groups (broad SMARTS) is 1. The Morgan fingerprint density at radius 3 is 2.12 bits per heavy atom. The van der Waals surface area contributed by atoms with Crippen molar-refractivity contribution in [1.82, 2.24) is 10.2 Å². The zero-order valence-electron chi connectivity index (χ0n) is 19.2. The first-order valence-electron chi connectivity index (χ1n) is 11.3. The molecular formula is C26H30N2O5. The van der Waals surface area contributed by atoms with Gasteiger partial charge in [0.25, 0.3) is 0 Å². The summed E-state index contributed by atoms with van der Waals surface area (Å²) >= 11 is 0. The number of hydrogen-bond acceptors (Lipinski definition) is 4. The number of carbonyl (C=O) groups is 3. The Morgan fingerprint density at radius 2 is 1.61 bits per heavy atom. The van der Waals surface area contributed by atoms with Crippen LogP contribution in [-0.4, -0.2) is 53.2 Å². The summed E-state index contributed by atoms with van der Waals surface area (Å²) in [6, 6.07) is 15.3. The fourth-order valence-electron chi connectivity index (χ4n) is 4.50. The first kappa shape index (κ1) is 22.8. The predicted molar refractivity (Wildman–Crippen MR) is 124 cm³/mol. The average molecular weight is 451 g/mol. The summed E-state index contributed by atoms with van der Waals surface area (Å²) in [6.07, 6.45) is 1.01. The van der Waals surface area contributed by atoms with Crippen LogP contribution in [0.5, 0.6) is 0 Å². The Kier molecular flexibility index (Phi) is 6.15. The minimum atomic E-state index is -1.03. The van der Waals surface area contributed by atoms with Gasteiger partial charge in [-0.3, -0.25) is 4.79 Å². The van der Waals surface area contributed by atoms with Gasteiger partial charge in [-0.2, -0.15) is 0 Å². The minimum absolute atomic E-state index is 0.0421. The zero-order valence-corrected chi connectivity index (χ0v) is 19.2. The van der Waals surface area contributed by atoms with Gasteiger partial charge in [-0.25, -0.2) is 9.59 Å². The van der Waals surface area contributed by atoms with Crippen LogP contribution in [0, 0.1) is 5.41 Å². The SMILES string of the molecule is CC(C(=O)O)N(C(=O)C(C)(C)CNC(=O)OCC1c2ccccc2-c2ccccc21)C1CC1. The number of alkyl carbamates (subject to hydrolysis) is 1. The van der Waals surface area contributed by atoms with E-state index in [9.17, 15) is 19.5 Å². The van der Waals surface area contributed by atoms with Gasteiger partial charge in [-0.1, -0.05) is 48.5 Å². The van der Waals surface area contributed by atoms with Gasteiger partial charge in [-0.05, 0) is 55.9 Å². The van der Waals surface area contributed by atoms with E-state index in [1.54, 1.807) is 13.8 Å². The number of carbonyl (C=O) groups excluding carboxylic acids is 2. The fraction of sp³-hybridized carbons (Fsp3) is 0.423. The number of nitrogens with zero attached hydrogens (tertiary/aromatic N) is 1. The number of fused-ring (bicyclic) bond motifs is 3. The molecule has 0 spiro atoms. The molecule has 0 heterocycles. The van der Waals surface area contributed by atoms with Crippen molar-refractivity contribution >= 4 is 18.0 Å². The molecule has 2 aromatic rings. The smallest absolute Gasteiger partial charge is 0.407 e. The second kappa shape index (κ2) is 8.89. The van der Waals surface area contributed by atoms with E-state index in [4.69, 9.17) is 4.74 Å². The maximum Gasteiger partial charge on any atom is 0.407 e. The lowest BCUT2D eigenvalue weighted by molar-refractivity contribution is -0.154. The van der Waals surface area contributed by atoms with Crippen LogP contribution < -0.4 is 5.32 Å². The standard InChI is InChI=1S/C26H30N2O5/c1-16(23(29)30)28(17-12-13-17)24(31)26(2,3)15-27-25(32)33-14-22-20-10-6-4-8-18(20)19-9-5-7-11-21(19)22/h4-11,16-17,22H,12-15H2,1-3H3,(H,27,32)(H,29,30). The monoisotopic (exact) mass is 450 g/mol. The van der Waals surface area contributed by atoms with E-state index in [1.165, 1.54) is 11.8 Å². The van der Waals surface area contributed by atoms with Gasteiger partial charge in [0.2, 0.25) is 5.91 Å². The largest absolute Gasteiger partial charge is 0.480 e. The molecule has 4 rings (SSSR count). The van der Waals surface area contributed by atoms with E-state index in [0.29, 0.717) is 0 Å². The Hall–Kier alpha value is -3.35. The third-order valence-corrected chi connectivity index (χ3v) is 6.55. The highest BCUT2D eigenvalue weighted by Gasteiger charge is 2.44. The van der Waals surface area contributed by atoms with Crippen LogP contribution in [0.1, 0.15) is 50.7 Å². The quantitative estimate of drug-likeness (QED) is 0.633. The number of amides is 2. The molecule has 0 aliphatic heterocycles. The molecule has 0 saturated heterocycles. The van der Waals surface area contributed by atoms with Gasteiger partial charge in [0.05, 0.1) is 5.41 Å². The molecule has 1 atom stereocenters. The highest BCUT2D eigenvalue weighted by atomic mass is 16.5. The van der Waals surface area contributed by atoms with Crippen LogP contribution in [0.4, 0.5) is 4.79 Å². The van der Waals surface area contributed by atoms with Crippen molar-refractivity contribution in [3.8, 4) is 11.1 Å². The normalized spacial score (nSPS) is 15.8. The maximum atomic E-state index is 13.1. The van der Waals surface area contributed by atoms with E-state index in [-0.39, 0.29) is 31.0 Å². The van der Waals surface area contributed by atoms with Crippen LogP contribution in [0.25, 0.3) is 11.1 Å². The fourth-order valence-corrected chi connectivity index (χ4v) is 4.50. The lowest BCUT2D eigenvalue weighted by Crippen LogP contribution is -2.53. The summed E-state index contributed by atoms with van der Waals surface area (Å²) in [6.45, 7) is 5.19. The molecule has 1 fully saturated rings. The lowest BCUT2D eigenvalue weighted by atomic mass is 9.90. The topological polar surface area (TPSA) is 95.9 Å². The summed E-state index contributed by atoms with van der Waals surface area (Å²) in [5.41, 5.74) is 3.61. The molecule has 0 aromatic heterocycles. The van der Waals surface area contributed by atoms with Gasteiger partial charge >= 0.3 is 12.1 Å². The Labute approximate surface area is 193 Å². The first-order valence-corrected chi connectivity index (χ1v) is 11.3. The van der Waals surface area contributed by atoms with E-state index >= 15 is 0 Å². The molecule has 2 N–H and O–H groups in total. The van der Waals surface area contributed by atoms with Gasteiger partial charge in [-0.15, -0.1) is 0 Å². The Balaban J connectivity index is 1.37. The summed E-state index contributed by atoms with van der Waals surface area (Å²) < 4.78 is 5.55. The Bertz CT molecular complexity index is 1030. The predicted octanol–water partition coefficient (Wildman–Crippen LogP) is 4.02. The summed E-state index contributed by atoms with van der Waals surface area (Å²) in [5, 5.41) is 12.1. The number of hydrogen-bond donors (Lipinski definition) is 2. The van der Waals surface area contributed by atoms with Crippen LogP contribution >= 0.6 is 0 Å². The van der Waals surface area contributed by atoms with Crippen LogP contribution in [0.3, 0.4) is 0 Å². The van der Waals surface area contributed by atoms with Gasteiger partial charge in [0, 0.05) is 18.5 Å². The number of ether oxygens (including phenoxy) is 1. The van der Waals surface area contributed by atoms with E-state index in [0.717, 1.165) is 35.1 Å². The summed E-state index contributed by atoms with van der Waals surface area (Å²) in [4.78, 5) is 38.5. The van der Waals surface area contributed by atoms with Crippen molar-refractivity contribution in [2.24, 2.45) is 5.41 Å². The van der Waals surface area contributed by atoms with E-state index in [1.807, 2.05) is 24.3 Å². The molecule has 0 bridgehead atoms. The van der Waals surface area contributed by atoms with Crippen molar-refractivity contribution in [2.45, 2.75) is 51.6 Å². The second-order valence-corrected chi connectivity index (χ2v) is 9.52.